The summed E-state index contributed by atoms with van der Waals surface area (Å²) >= 11 is 0. The number of ketones is 1. The summed E-state index contributed by atoms with van der Waals surface area (Å²) in [6.07, 6.45) is -8.15. The van der Waals surface area contributed by atoms with Gasteiger partial charge < -0.3 is 14.5 Å². The molecule has 43 heavy (non-hydrogen) atoms. The lowest BCUT2D eigenvalue weighted by Crippen LogP contribution is -2.37. The summed E-state index contributed by atoms with van der Waals surface area (Å²) < 4.78 is 74.3. The fourth-order valence-electron chi connectivity index (χ4n) is 4.64. The van der Waals surface area contributed by atoms with E-state index in [2.05, 4.69) is 23.8 Å². The van der Waals surface area contributed by atoms with E-state index in [1.165, 1.54) is 17.4 Å². The Morgan fingerprint density at radius 1 is 0.814 bits per heavy atom. The van der Waals surface area contributed by atoms with Crippen LogP contribution < -0.4 is 0 Å². The van der Waals surface area contributed by atoms with Crippen LogP contribution in [-0.4, -0.2) is 65.4 Å². The van der Waals surface area contributed by atoms with Crippen molar-refractivity contribution in [2.45, 2.75) is 64.5 Å². The molecule has 13 heteroatoms. The molecule has 0 spiro atoms. The number of carbonyl (C=O) groups is 4. The molecule has 236 valence electrons. The Balaban J connectivity index is 0.000000244. The number of hydrogen-bond donors (Lipinski definition) is 0. The second-order valence-corrected chi connectivity index (χ2v) is 9.82. The SMILES string of the molecule is CCOC(=O)C(F)(F)F.C[C@H](c1ccccc1)N1CCC(C(=O)C(F)(F)F)C1=O.C[C@H](c1ccccc1)N1CCCC1=O. The maximum absolute atomic E-state index is 12.4. The van der Waals surface area contributed by atoms with Crippen molar-refractivity contribution in [3.05, 3.63) is 71.8 Å². The number of likely N-dealkylation sites (tertiary alicyclic amines) is 2. The lowest BCUT2D eigenvalue weighted by atomic mass is 10.0. The van der Waals surface area contributed by atoms with Gasteiger partial charge in [0.15, 0.2) is 0 Å². The third-order valence-electron chi connectivity index (χ3n) is 6.95. The summed E-state index contributed by atoms with van der Waals surface area (Å²) in [6.45, 7) is 5.98. The van der Waals surface area contributed by atoms with Gasteiger partial charge >= 0.3 is 18.3 Å². The summed E-state index contributed by atoms with van der Waals surface area (Å²) in [5.41, 5.74) is 2.06. The van der Waals surface area contributed by atoms with E-state index in [9.17, 15) is 45.5 Å². The van der Waals surface area contributed by atoms with E-state index in [1.54, 1.807) is 31.2 Å². The number of hydrogen-bond acceptors (Lipinski definition) is 5. The first-order valence-electron chi connectivity index (χ1n) is 13.6. The summed E-state index contributed by atoms with van der Waals surface area (Å²) in [4.78, 5) is 47.8. The van der Waals surface area contributed by atoms with Crippen molar-refractivity contribution in [3.8, 4) is 0 Å². The lowest BCUT2D eigenvalue weighted by Gasteiger charge is -2.25. The predicted molar refractivity (Wildman–Crippen MR) is 144 cm³/mol. The van der Waals surface area contributed by atoms with Gasteiger partial charge in [0.2, 0.25) is 17.6 Å². The van der Waals surface area contributed by atoms with Crippen LogP contribution in [0.1, 0.15) is 63.2 Å². The second-order valence-electron chi connectivity index (χ2n) is 9.82. The Labute approximate surface area is 245 Å². The van der Waals surface area contributed by atoms with Gasteiger partial charge in [-0.2, -0.15) is 26.3 Å². The molecular formula is C30H34F6N2O5. The van der Waals surface area contributed by atoms with E-state index in [1.807, 2.05) is 29.2 Å². The van der Waals surface area contributed by atoms with E-state index in [-0.39, 0.29) is 31.7 Å². The molecule has 2 amide bonds. The zero-order valence-electron chi connectivity index (χ0n) is 24.0. The van der Waals surface area contributed by atoms with Crippen molar-refractivity contribution in [3.63, 3.8) is 0 Å². The minimum atomic E-state index is -4.95. The van der Waals surface area contributed by atoms with Crippen molar-refractivity contribution in [2.75, 3.05) is 19.7 Å². The number of amides is 2. The first kappa shape index (κ1) is 35.3. The largest absolute Gasteiger partial charge is 0.490 e. The number of ether oxygens (including phenoxy) is 1. The number of nitrogens with zero attached hydrogens (tertiary/aromatic N) is 2. The van der Waals surface area contributed by atoms with Gasteiger partial charge in [-0.1, -0.05) is 60.7 Å². The number of Topliss-reactive ketones (excluding diaryl/α,β-unsaturated/α-hetero) is 1. The predicted octanol–water partition coefficient (Wildman–Crippen LogP) is 6.21. The Hall–Kier alpha value is -3.90. The summed E-state index contributed by atoms with van der Waals surface area (Å²) in [7, 11) is 0. The Morgan fingerprint density at radius 2 is 1.30 bits per heavy atom. The molecule has 3 atom stereocenters. The molecule has 0 N–H and O–H groups in total. The normalized spacial score (nSPS) is 18.2. The minimum Gasteiger partial charge on any atom is -0.459 e. The monoisotopic (exact) mass is 616 g/mol. The molecule has 2 aromatic carbocycles. The maximum atomic E-state index is 12.4. The molecule has 2 heterocycles. The van der Waals surface area contributed by atoms with Gasteiger partial charge in [0.05, 0.1) is 18.7 Å². The van der Waals surface area contributed by atoms with Crippen molar-refractivity contribution in [2.24, 2.45) is 5.92 Å². The zero-order valence-corrected chi connectivity index (χ0v) is 24.0. The first-order valence-corrected chi connectivity index (χ1v) is 13.6. The average molecular weight is 617 g/mol. The highest BCUT2D eigenvalue weighted by Crippen LogP contribution is 2.33. The van der Waals surface area contributed by atoms with Crippen LogP contribution in [0.5, 0.6) is 0 Å². The van der Waals surface area contributed by atoms with Crippen molar-refractivity contribution in [1.82, 2.24) is 9.80 Å². The first-order chi connectivity index (χ1) is 20.1. The van der Waals surface area contributed by atoms with Crippen molar-refractivity contribution < 1.29 is 50.3 Å². The van der Waals surface area contributed by atoms with Gasteiger partial charge in [-0.05, 0) is 44.7 Å². The molecule has 0 saturated carbocycles. The molecule has 2 aliphatic rings. The summed E-state index contributed by atoms with van der Waals surface area (Å²) in [5.74, 6) is -6.10. The van der Waals surface area contributed by atoms with Gasteiger partial charge in [-0.3, -0.25) is 14.4 Å². The van der Waals surface area contributed by atoms with Crippen LogP contribution >= 0.6 is 0 Å². The van der Waals surface area contributed by atoms with Gasteiger partial charge in [0.25, 0.3) is 0 Å². The number of esters is 1. The molecule has 1 unspecified atom stereocenters. The van der Waals surface area contributed by atoms with Crippen LogP contribution in [0.25, 0.3) is 0 Å². The zero-order chi connectivity index (χ0) is 32.4. The Morgan fingerprint density at radius 3 is 1.67 bits per heavy atom. The molecule has 0 aliphatic carbocycles. The third-order valence-corrected chi connectivity index (χ3v) is 6.95. The molecule has 2 fully saturated rings. The molecular weight excluding hydrogens is 582 g/mol. The standard InChI is InChI=1S/C14H14F3NO2.C12H15NO.C4H5F3O2/c1-9(10-5-3-2-4-6-10)18-8-7-11(13(18)20)12(19)14(15,16)17;1-10(11-6-3-2-4-7-11)13-9-5-8-12(13)14;1-2-9-3(8)4(5,6)7/h2-6,9,11H,7-8H2,1H3;2-4,6-7,10H,5,8-9H2,1H3;2H2,1H3/t9-,11?;10-;/m11./s1. The fourth-order valence-corrected chi connectivity index (χ4v) is 4.64. The van der Waals surface area contributed by atoms with E-state index in [0.29, 0.717) is 5.91 Å². The van der Waals surface area contributed by atoms with Gasteiger partial charge in [0, 0.05) is 19.5 Å². The van der Waals surface area contributed by atoms with Crippen LogP contribution in [0.2, 0.25) is 0 Å². The van der Waals surface area contributed by atoms with Gasteiger partial charge in [0.1, 0.15) is 5.92 Å². The molecule has 4 rings (SSSR count). The Kier molecular flexibility index (Phi) is 12.8. The smallest absolute Gasteiger partial charge is 0.459 e. The lowest BCUT2D eigenvalue weighted by molar-refractivity contribution is -0.199. The number of rotatable bonds is 6. The van der Waals surface area contributed by atoms with Crippen molar-refractivity contribution >= 4 is 23.6 Å². The van der Waals surface area contributed by atoms with Crippen LogP contribution in [-0.2, 0) is 23.9 Å². The summed E-state index contributed by atoms with van der Waals surface area (Å²) in [5, 5.41) is 0. The number of carbonyl (C=O) groups excluding carboxylic acids is 4. The van der Waals surface area contributed by atoms with Gasteiger partial charge in [-0.25, -0.2) is 4.79 Å². The van der Waals surface area contributed by atoms with Gasteiger partial charge in [-0.15, -0.1) is 0 Å². The number of halogens is 6. The Bertz CT molecular complexity index is 1220. The number of benzene rings is 2. The van der Waals surface area contributed by atoms with Crippen molar-refractivity contribution in [1.29, 1.82) is 0 Å². The molecule has 2 aromatic rings. The van der Waals surface area contributed by atoms with Crippen LogP contribution in [0.4, 0.5) is 26.3 Å². The molecule has 2 saturated heterocycles. The van der Waals surface area contributed by atoms with Crippen LogP contribution in [0.3, 0.4) is 0 Å². The maximum Gasteiger partial charge on any atom is 0.490 e. The highest BCUT2D eigenvalue weighted by Gasteiger charge is 2.50. The molecule has 0 bridgehead atoms. The fraction of sp³-hybridized carbons (Fsp3) is 0.467. The average Bonchev–Trinajstić information content (AvgIpc) is 3.57. The quantitative estimate of drug-likeness (QED) is 0.219. The van der Waals surface area contributed by atoms with Crippen LogP contribution in [0, 0.1) is 5.92 Å². The molecule has 0 radical (unpaired) electrons. The molecule has 7 nitrogen and oxygen atoms in total. The van der Waals surface area contributed by atoms with E-state index in [0.717, 1.165) is 24.9 Å². The van der Waals surface area contributed by atoms with E-state index >= 15 is 0 Å². The van der Waals surface area contributed by atoms with E-state index in [4.69, 9.17) is 0 Å². The highest BCUT2D eigenvalue weighted by molar-refractivity contribution is 6.05. The number of alkyl halides is 6. The highest BCUT2D eigenvalue weighted by atomic mass is 19.4. The molecule has 2 aliphatic heterocycles. The topological polar surface area (TPSA) is 84.0 Å². The minimum absolute atomic E-state index is 0.0750. The second kappa shape index (κ2) is 15.5. The third kappa shape index (κ3) is 10.1. The van der Waals surface area contributed by atoms with Crippen LogP contribution in [0.15, 0.2) is 60.7 Å². The summed E-state index contributed by atoms with van der Waals surface area (Å²) in [6, 6.07) is 19.1. The van der Waals surface area contributed by atoms with E-state index < -0.39 is 35.9 Å². The molecule has 0 aromatic heterocycles.